The van der Waals surface area contributed by atoms with Crippen molar-refractivity contribution >= 4 is 40.2 Å². The topological polar surface area (TPSA) is 52.2 Å². The summed E-state index contributed by atoms with van der Waals surface area (Å²) in [4.78, 5) is 17.0. The summed E-state index contributed by atoms with van der Waals surface area (Å²) < 4.78 is 4.18. The highest BCUT2D eigenvalue weighted by molar-refractivity contribution is 8.00. The highest BCUT2D eigenvalue weighted by atomic mass is 32.2. The zero-order valence-corrected chi connectivity index (χ0v) is 12.6. The van der Waals surface area contributed by atoms with E-state index in [4.69, 9.17) is 0 Å². The van der Waals surface area contributed by atoms with Crippen LogP contribution in [-0.4, -0.2) is 25.4 Å². The SMILES string of the molecule is CSc1nn2c(=O)cc(/C=C/c3cccn3C)nc2s1. The molecular formula is C13H12N4OS2. The molecule has 0 fully saturated rings. The number of nitrogens with zero attached hydrogens (tertiary/aromatic N) is 4. The van der Waals surface area contributed by atoms with Gasteiger partial charge in [-0.3, -0.25) is 4.79 Å². The molecule has 20 heavy (non-hydrogen) atoms. The average Bonchev–Trinajstić information content (AvgIpc) is 3.02. The lowest BCUT2D eigenvalue weighted by Gasteiger charge is -1.96. The number of rotatable bonds is 3. The van der Waals surface area contributed by atoms with Gasteiger partial charge in [-0.15, -0.1) is 5.10 Å². The third-order valence-electron chi connectivity index (χ3n) is 2.83. The van der Waals surface area contributed by atoms with Crippen molar-refractivity contribution in [1.82, 2.24) is 19.2 Å². The lowest BCUT2D eigenvalue weighted by atomic mass is 10.3. The number of fused-ring (bicyclic) bond motifs is 1. The molecule has 0 aliphatic heterocycles. The number of aryl methyl sites for hydroxylation is 1. The van der Waals surface area contributed by atoms with Crippen molar-refractivity contribution in [1.29, 1.82) is 0 Å². The molecule has 0 aliphatic carbocycles. The Bertz CT molecular complexity index is 844. The van der Waals surface area contributed by atoms with Gasteiger partial charge >= 0.3 is 0 Å². The second-order valence-corrected chi connectivity index (χ2v) is 6.17. The molecule has 0 aromatic carbocycles. The van der Waals surface area contributed by atoms with Crippen molar-refractivity contribution < 1.29 is 0 Å². The molecule has 0 bridgehead atoms. The Balaban J connectivity index is 2.02. The highest BCUT2D eigenvalue weighted by Gasteiger charge is 2.07. The van der Waals surface area contributed by atoms with Crippen LogP contribution in [0.15, 0.2) is 33.5 Å². The molecule has 0 radical (unpaired) electrons. The molecule has 0 unspecified atom stereocenters. The van der Waals surface area contributed by atoms with E-state index in [0.717, 1.165) is 10.0 Å². The van der Waals surface area contributed by atoms with Gasteiger partial charge in [-0.1, -0.05) is 23.1 Å². The minimum atomic E-state index is -0.155. The molecule has 0 saturated heterocycles. The van der Waals surface area contributed by atoms with Gasteiger partial charge in [0.15, 0.2) is 4.34 Å². The minimum Gasteiger partial charge on any atom is -0.351 e. The minimum absolute atomic E-state index is 0.155. The second-order valence-electron chi connectivity index (χ2n) is 4.16. The standard InChI is InChI=1S/C13H12N4OS2/c1-16-7-3-4-10(16)6-5-9-8-11(18)17-12(14-9)20-13(15-17)19-2/h3-8H,1-2H3/b6-5+. The number of hydrogen-bond acceptors (Lipinski definition) is 5. The lowest BCUT2D eigenvalue weighted by Crippen LogP contribution is -2.14. The van der Waals surface area contributed by atoms with Crippen molar-refractivity contribution in [3.05, 3.63) is 46.1 Å². The van der Waals surface area contributed by atoms with Gasteiger partial charge < -0.3 is 4.57 Å². The van der Waals surface area contributed by atoms with E-state index < -0.39 is 0 Å². The zero-order valence-electron chi connectivity index (χ0n) is 11.0. The maximum Gasteiger partial charge on any atom is 0.275 e. The van der Waals surface area contributed by atoms with E-state index in [2.05, 4.69) is 10.1 Å². The van der Waals surface area contributed by atoms with Crippen LogP contribution in [0.4, 0.5) is 0 Å². The monoisotopic (exact) mass is 304 g/mol. The Morgan fingerprint density at radius 2 is 2.25 bits per heavy atom. The van der Waals surface area contributed by atoms with E-state index in [-0.39, 0.29) is 5.56 Å². The van der Waals surface area contributed by atoms with Gasteiger partial charge in [-0.2, -0.15) is 4.52 Å². The predicted molar refractivity (Wildman–Crippen MR) is 83.3 cm³/mol. The van der Waals surface area contributed by atoms with Crippen LogP contribution in [0, 0.1) is 0 Å². The molecule has 3 aromatic heterocycles. The van der Waals surface area contributed by atoms with Crippen LogP contribution in [0.5, 0.6) is 0 Å². The average molecular weight is 304 g/mol. The Morgan fingerprint density at radius 3 is 2.95 bits per heavy atom. The van der Waals surface area contributed by atoms with Gasteiger partial charge in [0.05, 0.1) is 5.69 Å². The molecule has 0 aliphatic rings. The molecule has 0 saturated carbocycles. The summed E-state index contributed by atoms with van der Waals surface area (Å²) in [5.41, 5.74) is 1.55. The summed E-state index contributed by atoms with van der Waals surface area (Å²) in [5.74, 6) is 0. The Labute approximate surface area is 123 Å². The van der Waals surface area contributed by atoms with Gasteiger partial charge in [0.2, 0.25) is 4.96 Å². The first-order chi connectivity index (χ1) is 9.67. The molecular weight excluding hydrogens is 292 g/mol. The number of thioether (sulfide) groups is 1. The summed E-state index contributed by atoms with van der Waals surface area (Å²) in [6, 6.07) is 5.47. The molecule has 3 aromatic rings. The van der Waals surface area contributed by atoms with Gasteiger partial charge in [0, 0.05) is 25.0 Å². The Hall–Kier alpha value is -1.86. The normalized spacial score (nSPS) is 11.7. The van der Waals surface area contributed by atoms with Crippen LogP contribution in [0.2, 0.25) is 0 Å². The van der Waals surface area contributed by atoms with E-state index in [1.165, 1.54) is 33.7 Å². The molecule has 0 amide bonds. The van der Waals surface area contributed by atoms with E-state index >= 15 is 0 Å². The highest BCUT2D eigenvalue weighted by Crippen LogP contribution is 2.20. The van der Waals surface area contributed by atoms with Crippen molar-refractivity contribution in [3.8, 4) is 0 Å². The summed E-state index contributed by atoms with van der Waals surface area (Å²) >= 11 is 2.93. The van der Waals surface area contributed by atoms with Gasteiger partial charge in [-0.05, 0) is 30.5 Å². The second kappa shape index (κ2) is 5.26. The first kappa shape index (κ1) is 13.1. The Kier molecular flexibility index (Phi) is 3.45. The van der Waals surface area contributed by atoms with Crippen LogP contribution in [0.1, 0.15) is 11.4 Å². The van der Waals surface area contributed by atoms with Crippen LogP contribution in [-0.2, 0) is 7.05 Å². The fourth-order valence-corrected chi connectivity index (χ4v) is 3.16. The maximum absolute atomic E-state index is 12.0. The lowest BCUT2D eigenvalue weighted by molar-refractivity contribution is 0.856. The van der Waals surface area contributed by atoms with Gasteiger partial charge in [0.25, 0.3) is 5.56 Å². The maximum atomic E-state index is 12.0. The van der Waals surface area contributed by atoms with E-state index in [9.17, 15) is 4.79 Å². The summed E-state index contributed by atoms with van der Waals surface area (Å²) in [6.45, 7) is 0. The van der Waals surface area contributed by atoms with Crippen molar-refractivity contribution in [3.63, 3.8) is 0 Å². The van der Waals surface area contributed by atoms with Crippen LogP contribution in [0.3, 0.4) is 0 Å². The molecule has 0 atom stereocenters. The fourth-order valence-electron chi connectivity index (χ4n) is 1.80. The zero-order chi connectivity index (χ0) is 14.1. The molecule has 7 heteroatoms. The van der Waals surface area contributed by atoms with Crippen molar-refractivity contribution in [2.24, 2.45) is 7.05 Å². The third kappa shape index (κ3) is 2.41. The summed E-state index contributed by atoms with van der Waals surface area (Å²) in [7, 11) is 1.97. The first-order valence-electron chi connectivity index (χ1n) is 5.92. The Morgan fingerprint density at radius 1 is 1.40 bits per heavy atom. The quantitative estimate of drug-likeness (QED) is 0.697. The molecule has 3 rings (SSSR count). The summed E-state index contributed by atoms with van der Waals surface area (Å²) in [5, 5.41) is 4.19. The van der Waals surface area contributed by atoms with E-state index in [0.29, 0.717) is 10.7 Å². The van der Waals surface area contributed by atoms with Crippen LogP contribution < -0.4 is 5.56 Å². The van der Waals surface area contributed by atoms with Crippen molar-refractivity contribution in [2.45, 2.75) is 4.34 Å². The largest absolute Gasteiger partial charge is 0.351 e. The number of hydrogen-bond donors (Lipinski definition) is 0. The number of aromatic nitrogens is 4. The smallest absolute Gasteiger partial charge is 0.275 e. The molecule has 102 valence electrons. The molecule has 0 N–H and O–H groups in total. The molecule has 3 heterocycles. The van der Waals surface area contributed by atoms with Crippen molar-refractivity contribution in [2.75, 3.05) is 6.26 Å². The van der Waals surface area contributed by atoms with E-state index in [1.807, 2.05) is 48.4 Å². The fraction of sp³-hybridized carbons (Fsp3) is 0.154. The van der Waals surface area contributed by atoms with Crippen LogP contribution in [0.25, 0.3) is 17.1 Å². The summed E-state index contributed by atoms with van der Waals surface area (Å²) in [6.07, 6.45) is 7.68. The molecule has 5 nitrogen and oxygen atoms in total. The van der Waals surface area contributed by atoms with Crippen LogP contribution >= 0.6 is 23.1 Å². The van der Waals surface area contributed by atoms with E-state index in [1.54, 1.807) is 0 Å². The molecule has 0 spiro atoms. The first-order valence-corrected chi connectivity index (χ1v) is 7.96. The predicted octanol–water partition coefficient (Wildman–Crippen LogP) is 2.38. The van der Waals surface area contributed by atoms with Gasteiger partial charge in [-0.25, -0.2) is 4.98 Å². The van der Waals surface area contributed by atoms with Gasteiger partial charge in [0.1, 0.15) is 0 Å². The third-order valence-corrected chi connectivity index (χ3v) is 4.71.